The molecule has 2 rings (SSSR count). The lowest BCUT2D eigenvalue weighted by Gasteiger charge is -2.23. The van der Waals surface area contributed by atoms with E-state index in [2.05, 4.69) is 5.32 Å². The Morgan fingerprint density at radius 1 is 0.917 bits per heavy atom. The summed E-state index contributed by atoms with van der Waals surface area (Å²) in [5.74, 6) is -0.368. The van der Waals surface area contributed by atoms with Gasteiger partial charge in [-0.3, -0.25) is 9.59 Å². The normalized spacial score (nSPS) is 10.4. The molecule has 2 amide bonds. The summed E-state index contributed by atoms with van der Waals surface area (Å²) in [5, 5.41) is 2.88. The molecule has 4 nitrogen and oxygen atoms in total. The highest BCUT2D eigenvalue weighted by atomic mass is 16.2. The number of nitrogens with zero attached hydrogens (tertiary/aromatic N) is 1. The van der Waals surface area contributed by atoms with Gasteiger partial charge in [0.1, 0.15) is 6.54 Å². The molecule has 0 heterocycles. The van der Waals surface area contributed by atoms with Gasteiger partial charge < -0.3 is 10.2 Å². The van der Waals surface area contributed by atoms with Gasteiger partial charge >= 0.3 is 0 Å². The van der Waals surface area contributed by atoms with Gasteiger partial charge in [0.25, 0.3) is 0 Å². The van der Waals surface area contributed by atoms with Crippen LogP contribution >= 0.6 is 0 Å². The summed E-state index contributed by atoms with van der Waals surface area (Å²) in [6, 6.07) is 11.7. The molecule has 0 aliphatic heterocycles. The van der Waals surface area contributed by atoms with E-state index in [1.165, 1.54) is 11.8 Å². The number of benzene rings is 2. The molecule has 0 radical (unpaired) electrons. The molecular formula is C20H24N2O2. The second kappa shape index (κ2) is 7.30. The van der Waals surface area contributed by atoms with Gasteiger partial charge in [-0.05, 0) is 62.6 Å². The van der Waals surface area contributed by atoms with Crippen LogP contribution in [0.25, 0.3) is 0 Å². The van der Waals surface area contributed by atoms with Crippen LogP contribution in [0.4, 0.5) is 11.4 Å². The SMILES string of the molecule is CC(=O)N(CC(=O)Nc1cc(C)cc(C)c1)c1ccc(C)cc1C. The second-order valence-electron chi connectivity index (χ2n) is 6.32. The number of hydrogen-bond acceptors (Lipinski definition) is 2. The molecule has 0 saturated heterocycles. The van der Waals surface area contributed by atoms with Crippen molar-refractivity contribution in [1.82, 2.24) is 0 Å². The Bertz CT molecular complexity index is 761. The zero-order chi connectivity index (χ0) is 17.9. The van der Waals surface area contributed by atoms with E-state index in [9.17, 15) is 9.59 Å². The molecule has 0 unspecified atom stereocenters. The molecule has 2 aromatic carbocycles. The van der Waals surface area contributed by atoms with Crippen LogP contribution in [0.15, 0.2) is 36.4 Å². The minimum atomic E-state index is -0.213. The lowest BCUT2D eigenvalue weighted by Crippen LogP contribution is -2.37. The second-order valence-corrected chi connectivity index (χ2v) is 6.32. The maximum absolute atomic E-state index is 12.4. The fraction of sp³-hybridized carbons (Fsp3) is 0.300. The number of aryl methyl sites for hydroxylation is 4. The van der Waals surface area contributed by atoms with E-state index in [0.717, 1.165) is 33.6 Å². The third kappa shape index (κ3) is 4.44. The summed E-state index contributed by atoms with van der Waals surface area (Å²) in [6.45, 7) is 9.39. The van der Waals surface area contributed by atoms with E-state index in [1.54, 1.807) is 0 Å². The first kappa shape index (κ1) is 17.7. The number of hydrogen-bond donors (Lipinski definition) is 1. The zero-order valence-corrected chi connectivity index (χ0v) is 14.9. The number of rotatable bonds is 4. The maximum Gasteiger partial charge on any atom is 0.244 e. The maximum atomic E-state index is 12.4. The highest BCUT2D eigenvalue weighted by molar-refractivity contribution is 6.02. The van der Waals surface area contributed by atoms with E-state index in [-0.39, 0.29) is 18.4 Å². The molecule has 24 heavy (non-hydrogen) atoms. The van der Waals surface area contributed by atoms with E-state index in [0.29, 0.717) is 0 Å². The quantitative estimate of drug-likeness (QED) is 0.927. The molecular weight excluding hydrogens is 300 g/mol. The summed E-state index contributed by atoms with van der Waals surface area (Å²) >= 11 is 0. The largest absolute Gasteiger partial charge is 0.325 e. The fourth-order valence-corrected chi connectivity index (χ4v) is 2.87. The van der Waals surface area contributed by atoms with Crippen molar-refractivity contribution < 1.29 is 9.59 Å². The van der Waals surface area contributed by atoms with Crippen LogP contribution in [0.1, 0.15) is 29.2 Å². The van der Waals surface area contributed by atoms with Crippen LogP contribution in [0.2, 0.25) is 0 Å². The molecule has 0 spiro atoms. The summed E-state index contributed by atoms with van der Waals surface area (Å²) in [6.07, 6.45) is 0. The van der Waals surface area contributed by atoms with E-state index in [4.69, 9.17) is 0 Å². The Labute approximate surface area is 143 Å². The Kier molecular flexibility index (Phi) is 5.39. The van der Waals surface area contributed by atoms with Crippen molar-refractivity contribution in [2.75, 3.05) is 16.8 Å². The molecule has 0 aliphatic rings. The van der Waals surface area contributed by atoms with Gasteiger partial charge in [-0.25, -0.2) is 0 Å². The zero-order valence-electron chi connectivity index (χ0n) is 14.9. The third-order valence-electron chi connectivity index (χ3n) is 3.83. The monoisotopic (exact) mass is 324 g/mol. The molecule has 4 heteroatoms. The van der Waals surface area contributed by atoms with Crippen molar-refractivity contribution in [3.63, 3.8) is 0 Å². The van der Waals surface area contributed by atoms with Gasteiger partial charge in [0.15, 0.2) is 0 Å². The summed E-state index contributed by atoms with van der Waals surface area (Å²) in [4.78, 5) is 25.9. The minimum Gasteiger partial charge on any atom is -0.325 e. The molecule has 0 saturated carbocycles. The highest BCUT2D eigenvalue weighted by Gasteiger charge is 2.17. The number of carbonyl (C=O) groups excluding carboxylic acids is 2. The molecule has 1 N–H and O–H groups in total. The average Bonchev–Trinajstić information content (AvgIpc) is 2.44. The van der Waals surface area contributed by atoms with Crippen LogP contribution in [0, 0.1) is 27.7 Å². The lowest BCUT2D eigenvalue weighted by atomic mass is 10.1. The first-order chi connectivity index (χ1) is 11.3. The Balaban J connectivity index is 2.18. The molecule has 0 aliphatic carbocycles. The van der Waals surface area contributed by atoms with Gasteiger partial charge in [-0.15, -0.1) is 0 Å². The Hall–Kier alpha value is -2.62. The van der Waals surface area contributed by atoms with Crippen LogP contribution in [0.3, 0.4) is 0 Å². The first-order valence-electron chi connectivity index (χ1n) is 8.00. The molecule has 2 aromatic rings. The fourth-order valence-electron chi connectivity index (χ4n) is 2.87. The summed E-state index contributed by atoms with van der Waals surface area (Å²) in [5.41, 5.74) is 5.79. The van der Waals surface area contributed by atoms with Crippen molar-refractivity contribution in [3.8, 4) is 0 Å². The molecule has 126 valence electrons. The minimum absolute atomic E-state index is 0.00771. The average molecular weight is 324 g/mol. The van der Waals surface area contributed by atoms with Gasteiger partial charge in [0, 0.05) is 18.3 Å². The smallest absolute Gasteiger partial charge is 0.244 e. The number of nitrogens with one attached hydrogen (secondary N) is 1. The highest BCUT2D eigenvalue weighted by Crippen LogP contribution is 2.21. The molecule has 0 fully saturated rings. The predicted octanol–water partition coefficient (Wildman–Crippen LogP) is 3.91. The van der Waals surface area contributed by atoms with Crippen LogP contribution in [-0.2, 0) is 9.59 Å². The van der Waals surface area contributed by atoms with Crippen LogP contribution in [-0.4, -0.2) is 18.4 Å². The molecule has 0 bridgehead atoms. The van der Waals surface area contributed by atoms with Gasteiger partial charge in [-0.2, -0.15) is 0 Å². The number of amides is 2. The lowest BCUT2D eigenvalue weighted by molar-refractivity contribution is -0.120. The summed E-state index contributed by atoms with van der Waals surface area (Å²) in [7, 11) is 0. The van der Waals surface area contributed by atoms with Crippen LogP contribution in [0.5, 0.6) is 0 Å². The van der Waals surface area contributed by atoms with Crippen LogP contribution < -0.4 is 10.2 Å². The standard InChI is InChI=1S/C20H24N2O2/c1-13-6-7-19(16(4)9-13)22(17(5)23)12-20(24)21-18-10-14(2)8-15(3)11-18/h6-11H,12H2,1-5H3,(H,21,24). The first-order valence-corrected chi connectivity index (χ1v) is 8.00. The molecule has 0 atom stereocenters. The van der Waals surface area contributed by atoms with Crippen molar-refractivity contribution in [1.29, 1.82) is 0 Å². The van der Waals surface area contributed by atoms with Crippen molar-refractivity contribution in [2.24, 2.45) is 0 Å². The Morgan fingerprint density at radius 3 is 2.08 bits per heavy atom. The third-order valence-corrected chi connectivity index (χ3v) is 3.83. The van der Waals surface area contributed by atoms with E-state index >= 15 is 0 Å². The Morgan fingerprint density at radius 2 is 1.54 bits per heavy atom. The number of carbonyl (C=O) groups is 2. The van der Waals surface area contributed by atoms with Crippen molar-refractivity contribution in [3.05, 3.63) is 58.7 Å². The van der Waals surface area contributed by atoms with Crippen molar-refractivity contribution >= 4 is 23.2 Å². The summed E-state index contributed by atoms with van der Waals surface area (Å²) < 4.78 is 0. The van der Waals surface area contributed by atoms with E-state index < -0.39 is 0 Å². The molecule has 0 aromatic heterocycles. The predicted molar refractivity (Wildman–Crippen MR) is 98.5 cm³/mol. The van der Waals surface area contributed by atoms with E-state index in [1.807, 2.05) is 64.1 Å². The number of anilines is 2. The van der Waals surface area contributed by atoms with Gasteiger partial charge in [0.2, 0.25) is 11.8 Å². The van der Waals surface area contributed by atoms with Gasteiger partial charge in [0.05, 0.1) is 0 Å². The van der Waals surface area contributed by atoms with Gasteiger partial charge in [-0.1, -0.05) is 23.8 Å². The van der Waals surface area contributed by atoms with Crippen molar-refractivity contribution in [2.45, 2.75) is 34.6 Å². The topological polar surface area (TPSA) is 49.4 Å².